The molecular formula is C19H28O3. The van der Waals surface area contributed by atoms with Gasteiger partial charge in [0.2, 0.25) is 0 Å². The second kappa shape index (κ2) is 4.67. The van der Waals surface area contributed by atoms with E-state index in [2.05, 4.69) is 13.8 Å². The molecule has 2 N–H and O–H groups in total. The second-order valence-corrected chi connectivity index (χ2v) is 8.70. The number of hydrogen-bond acceptors (Lipinski definition) is 3. The lowest BCUT2D eigenvalue weighted by Crippen LogP contribution is -2.54. The molecule has 3 fully saturated rings. The third-order valence-electron chi connectivity index (χ3n) is 7.81. The Labute approximate surface area is 132 Å². The molecule has 3 saturated carbocycles. The molecular weight excluding hydrogens is 276 g/mol. The van der Waals surface area contributed by atoms with E-state index in [1.165, 1.54) is 5.57 Å². The Morgan fingerprint density at radius 3 is 2.50 bits per heavy atom. The molecule has 0 saturated heterocycles. The minimum Gasteiger partial charge on any atom is -0.393 e. The normalized spacial score (nSPS) is 54.3. The van der Waals surface area contributed by atoms with Crippen LogP contribution in [0.1, 0.15) is 58.8 Å². The maximum atomic E-state index is 12.4. The number of aliphatic hydroxyl groups is 2. The SMILES string of the molecule is C[C@]12CCC(O)CC1=CC(O)[C@@H]1[C@H]2CC[C@]2(C)C(=O)CC[C@@H]12. The van der Waals surface area contributed by atoms with Gasteiger partial charge in [0.15, 0.2) is 0 Å². The highest BCUT2D eigenvalue weighted by atomic mass is 16.3. The lowest BCUT2D eigenvalue weighted by Gasteiger charge is -2.58. The van der Waals surface area contributed by atoms with E-state index in [0.717, 1.165) is 38.5 Å². The summed E-state index contributed by atoms with van der Waals surface area (Å²) in [5, 5.41) is 20.8. The monoisotopic (exact) mass is 304 g/mol. The summed E-state index contributed by atoms with van der Waals surface area (Å²) in [4.78, 5) is 12.4. The quantitative estimate of drug-likeness (QED) is 0.677. The van der Waals surface area contributed by atoms with E-state index >= 15 is 0 Å². The minimum absolute atomic E-state index is 0.121. The smallest absolute Gasteiger partial charge is 0.139 e. The second-order valence-electron chi connectivity index (χ2n) is 8.70. The Kier molecular flexibility index (Phi) is 3.16. The first-order chi connectivity index (χ1) is 10.4. The third kappa shape index (κ3) is 1.78. The van der Waals surface area contributed by atoms with Crippen LogP contribution in [0, 0.1) is 28.6 Å². The highest BCUT2D eigenvalue weighted by Crippen LogP contribution is 2.63. The van der Waals surface area contributed by atoms with Gasteiger partial charge >= 0.3 is 0 Å². The topological polar surface area (TPSA) is 57.5 Å². The molecule has 4 aliphatic rings. The first-order valence-electron chi connectivity index (χ1n) is 8.97. The summed E-state index contributed by atoms with van der Waals surface area (Å²) in [6.07, 6.45) is 7.65. The zero-order valence-corrected chi connectivity index (χ0v) is 13.7. The van der Waals surface area contributed by atoms with Crippen LogP contribution >= 0.6 is 0 Å². The number of carbonyl (C=O) groups is 1. The Bertz CT molecular complexity index is 539. The summed E-state index contributed by atoms with van der Waals surface area (Å²) in [6.45, 7) is 4.48. The Morgan fingerprint density at radius 1 is 1.05 bits per heavy atom. The first kappa shape index (κ1) is 14.9. The van der Waals surface area contributed by atoms with E-state index in [9.17, 15) is 15.0 Å². The molecule has 0 aromatic carbocycles. The van der Waals surface area contributed by atoms with Crippen LogP contribution in [-0.2, 0) is 4.79 Å². The molecule has 0 bridgehead atoms. The minimum atomic E-state index is -0.436. The Hall–Kier alpha value is -0.670. The van der Waals surface area contributed by atoms with Crippen molar-refractivity contribution in [3.8, 4) is 0 Å². The maximum Gasteiger partial charge on any atom is 0.139 e. The summed E-state index contributed by atoms with van der Waals surface area (Å²) in [5.74, 6) is 1.46. The Balaban J connectivity index is 1.75. The molecule has 4 rings (SSSR count). The van der Waals surface area contributed by atoms with Gasteiger partial charge in [-0.2, -0.15) is 0 Å². The fraction of sp³-hybridized carbons (Fsp3) is 0.842. The van der Waals surface area contributed by atoms with Crippen molar-refractivity contribution in [2.75, 3.05) is 0 Å². The fourth-order valence-corrected chi connectivity index (χ4v) is 6.40. The maximum absolute atomic E-state index is 12.4. The molecule has 0 heterocycles. The summed E-state index contributed by atoms with van der Waals surface area (Å²) < 4.78 is 0. The van der Waals surface area contributed by atoms with E-state index < -0.39 is 6.10 Å². The highest BCUT2D eigenvalue weighted by Gasteiger charge is 2.60. The van der Waals surface area contributed by atoms with Crippen LogP contribution in [0.3, 0.4) is 0 Å². The molecule has 7 atom stereocenters. The van der Waals surface area contributed by atoms with Crippen LogP contribution in [-0.4, -0.2) is 28.2 Å². The van der Waals surface area contributed by atoms with Crippen LogP contribution in [0.15, 0.2) is 11.6 Å². The van der Waals surface area contributed by atoms with Crippen LogP contribution < -0.4 is 0 Å². The van der Waals surface area contributed by atoms with Gasteiger partial charge in [0.1, 0.15) is 5.78 Å². The number of hydrogen-bond donors (Lipinski definition) is 2. The number of Topliss-reactive ketones (excluding diaryl/α,β-unsaturated/α-hetero) is 1. The first-order valence-corrected chi connectivity index (χ1v) is 8.97. The van der Waals surface area contributed by atoms with Crippen LogP contribution in [0.4, 0.5) is 0 Å². The molecule has 0 spiro atoms. The van der Waals surface area contributed by atoms with Gasteiger partial charge < -0.3 is 10.2 Å². The number of ketones is 1. The van der Waals surface area contributed by atoms with E-state index in [1.807, 2.05) is 6.08 Å². The van der Waals surface area contributed by atoms with Gasteiger partial charge in [-0.1, -0.05) is 25.5 Å². The molecule has 22 heavy (non-hydrogen) atoms. The van der Waals surface area contributed by atoms with Gasteiger partial charge in [-0.05, 0) is 61.7 Å². The highest BCUT2D eigenvalue weighted by molar-refractivity contribution is 5.87. The molecule has 3 heteroatoms. The van der Waals surface area contributed by atoms with Crippen LogP contribution in [0.2, 0.25) is 0 Å². The largest absolute Gasteiger partial charge is 0.393 e. The average molecular weight is 304 g/mol. The number of aliphatic hydroxyl groups excluding tert-OH is 2. The van der Waals surface area contributed by atoms with E-state index in [0.29, 0.717) is 24.0 Å². The Morgan fingerprint density at radius 2 is 1.73 bits per heavy atom. The van der Waals surface area contributed by atoms with Crippen molar-refractivity contribution in [3.05, 3.63) is 11.6 Å². The van der Waals surface area contributed by atoms with Crippen molar-refractivity contribution in [1.82, 2.24) is 0 Å². The van der Waals surface area contributed by atoms with Crippen molar-refractivity contribution in [3.63, 3.8) is 0 Å². The standard InChI is InChI=1S/C19H28O3/c1-18-7-5-12(20)9-11(18)10-15(21)17-13-3-4-16(22)19(13,2)8-6-14(17)18/h10,12-15,17,20-21H,3-9H2,1-2H3/t12?,13-,14+,15?,17-,18-,19-/m0/s1. The molecule has 4 aliphatic carbocycles. The zero-order valence-electron chi connectivity index (χ0n) is 13.7. The number of fused-ring (bicyclic) bond motifs is 5. The number of carbonyl (C=O) groups excluding carboxylic acids is 1. The average Bonchev–Trinajstić information content (AvgIpc) is 2.77. The molecule has 0 aromatic heterocycles. The van der Waals surface area contributed by atoms with Crippen molar-refractivity contribution in [1.29, 1.82) is 0 Å². The van der Waals surface area contributed by atoms with Crippen LogP contribution in [0.5, 0.6) is 0 Å². The van der Waals surface area contributed by atoms with Gasteiger partial charge in [0.05, 0.1) is 12.2 Å². The van der Waals surface area contributed by atoms with Gasteiger partial charge in [-0.3, -0.25) is 4.79 Å². The lowest BCUT2D eigenvalue weighted by molar-refractivity contribution is -0.135. The van der Waals surface area contributed by atoms with Gasteiger partial charge in [-0.15, -0.1) is 0 Å². The summed E-state index contributed by atoms with van der Waals surface area (Å²) in [5.41, 5.74) is 1.20. The van der Waals surface area contributed by atoms with Crippen molar-refractivity contribution >= 4 is 5.78 Å². The molecule has 122 valence electrons. The summed E-state index contributed by atoms with van der Waals surface area (Å²) in [7, 11) is 0. The third-order valence-corrected chi connectivity index (χ3v) is 7.81. The molecule has 3 nitrogen and oxygen atoms in total. The molecule has 0 aromatic rings. The van der Waals surface area contributed by atoms with Crippen molar-refractivity contribution < 1.29 is 15.0 Å². The number of rotatable bonds is 0. The van der Waals surface area contributed by atoms with Crippen molar-refractivity contribution in [2.45, 2.75) is 71.0 Å². The van der Waals surface area contributed by atoms with Crippen molar-refractivity contribution in [2.24, 2.45) is 28.6 Å². The van der Waals surface area contributed by atoms with Gasteiger partial charge in [0.25, 0.3) is 0 Å². The predicted molar refractivity (Wildman–Crippen MR) is 84.1 cm³/mol. The lowest BCUT2D eigenvalue weighted by atomic mass is 9.47. The van der Waals surface area contributed by atoms with E-state index in [-0.39, 0.29) is 22.9 Å². The molecule has 2 unspecified atom stereocenters. The summed E-state index contributed by atoms with van der Waals surface area (Å²) in [6, 6.07) is 0. The van der Waals surface area contributed by atoms with Gasteiger partial charge in [-0.25, -0.2) is 0 Å². The molecule has 0 aliphatic heterocycles. The molecule has 0 amide bonds. The predicted octanol–water partition coefficient (Wildman–Crippen LogP) is 2.85. The van der Waals surface area contributed by atoms with Crippen LogP contribution in [0.25, 0.3) is 0 Å². The van der Waals surface area contributed by atoms with E-state index in [4.69, 9.17) is 0 Å². The van der Waals surface area contributed by atoms with Gasteiger partial charge in [0, 0.05) is 11.8 Å². The van der Waals surface area contributed by atoms with E-state index in [1.54, 1.807) is 0 Å². The zero-order chi connectivity index (χ0) is 15.7. The summed E-state index contributed by atoms with van der Waals surface area (Å²) >= 11 is 0. The fourth-order valence-electron chi connectivity index (χ4n) is 6.40. The molecule has 0 radical (unpaired) electrons.